The first-order chi connectivity index (χ1) is 14.4. The van der Waals surface area contributed by atoms with Crippen molar-refractivity contribution in [2.45, 2.75) is 33.5 Å². The molecule has 0 spiro atoms. The Morgan fingerprint density at radius 2 is 1.97 bits per heavy atom. The average molecular weight is 536 g/mol. The Balaban J connectivity index is 1.67. The van der Waals surface area contributed by atoms with Crippen LogP contribution in [0.1, 0.15) is 30.0 Å². The molecule has 0 N–H and O–H groups in total. The highest BCUT2D eigenvalue weighted by molar-refractivity contribution is 9.10. The number of nitrogens with zero attached hydrogens (tertiary/aromatic N) is 8. The van der Waals surface area contributed by atoms with Gasteiger partial charge >= 0.3 is 0 Å². The highest BCUT2D eigenvalue weighted by Crippen LogP contribution is 2.27. The van der Waals surface area contributed by atoms with E-state index in [-0.39, 0.29) is 5.91 Å². The first kappa shape index (κ1) is 20.7. The molecule has 4 rings (SSSR count). The van der Waals surface area contributed by atoms with Crippen LogP contribution in [0.25, 0.3) is 17.0 Å². The molecule has 0 radical (unpaired) electrons. The van der Waals surface area contributed by atoms with Gasteiger partial charge in [-0.3, -0.25) is 14.2 Å². The minimum Gasteiger partial charge on any atom is -0.334 e. The third-order valence-corrected chi connectivity index (χ3v) is 6.03. The lowest BCUT2D eigenvalue weighted by Crippen LogP contribution is -2.28. The number of carbonyl (C=O) groups excluding carboxylic acids is 1. The van der Waals surface area contributed by atoms with Crippen molar-refractivity contribution in [3.05, 3.63) is 51.1 Å². The van der Waals surface area contributed by atoms with Crippen LogP contribution < -0.4 is 0 Å². The zero-order chi connectivity index (χ0) is 21.4. The molecule has 0 fully saturated rings. The molecule has 30 heavy (non-hydrogen) atoms. The molecule has 0 aliphatic heterocycles. The van der Waals surface area contributed by atoms with Gasteiger partial charge in [0.1, 0.15) is 5.69 Å². The number of aryl methyl sites for hydroxylation is 2. The number of hydrogen-bond donors (Lipinski definition) is 0. The van der Waals surface area contributed by atoms with Gasteiger partial charge in [0.05, 0.1) is 33.1 Å². The van der Waals surface area contributed by atoms with E-state index in [9.17, 15) is 4.79 Å². The van der Waals surface area contributed by atoms with Gasteiger partial charge in [0, 0.05) is 38.6 Å². The Morgan fingerprint density at radius 1 is 1.17 bits per heavy atom. The third-order valence-electron chi connectivity index (χ3n) is 4.79. The number of fused-ring (bicyclic) bond motifs is 1. The van der Waals surface area contributed by atoms with Gasteiger partial charge in [-0.1, -0.05) is 0 Å². The summed E-state index contributed by atoms with van der Waals surface area (Å²) in [5, 5.41) is 13.4. The molecule has 0 bridgehead atoms. The number of carbonyl (C=O) groups is 1. The van der Waals surface area contributed by atoms with Crippen molar-refractivity contribution >= 4 is 43.4 Å². The molecule has 0 aliphatic rings. The molecule has 0 aromatic carbocycles. The van der Waals surface area contributed by atoms with Crippen LogP contribution in [0.5, 0.6) is 0 Å². The highest BCUT2D eigenvalue weighted by Gasteiger charge is 2.21. The van der Waals surface area contributed by atoms with E-state index in [1.165, 1.54) is 0 Å². The van der Waals surface area contributed by atoms with Gasteiger partial charge in [0.25, 0.3) is 5.91 Å². The molecule has 0 atom stereocenters. The molecule has 4 aromatic heterocycles. The standard InChI is InChI=1S/C19H20Br2N8O/c1-4-27-10-13(21)18(25-27)15-6-7-22-17-8-14(24-29(15)17)19(30)26(3)11-16-12(20)9-23-28(16)5-2/h6-10H,4-5,11H2,1-3H3. The van der Waals surface area contributed by atoms with Gasteiger partial charge in [-0.05, 0) is 51.8 Å². The van der Waals surface area contributed by atoms with E-state index >= 15 is 0 Å². The van der Waals surface area contributed by atoms with Crippen LogP contribution in [-0.4, -0.2) is 52.0 Å². The lowest BCUT2D eigenvalue weighted by molar-refractivity contribution is 0.0775. The number of aromatic nitrogens is 7. The van der Waals surface area contributed by atoms with Gasteiger partial charge in [0.2, 0.25) is 0 Å². The summed E-state index contributed by atoms with van der Waals surface area (Å²) in [6, 6.07) is 3.53. The molecule has 9 nitrogen and oxygen atoms in total. The molecule has 156 valence electrons. The maximum atomic E-state index is 13.1. The van der Waals surface area contributed by atoms with Crippen LogP contribution in [0.15, 0.2) is 39.7 Å². The molecule has 4 aromatic rings. The second-order valence-corrected chi connectivity index (χ2v) is 8.44. The SMILES string of the molecule is CCn1cc(Br)c(-c2ccnc3cc(C(=O)N(C)Cc4c(Br)cnn4CC)nn23)n1. The quantitative estimate of drug-likeness (QED) is 0.376. The van der Waals surface area contributed by atoms with E-state index in [1.54, 1.807) is 34.9 Å². The van der Waals surface area contributed by atoms with E-state index in [1.807, 2.05) is 35.5 Å². The Bertz CT molecular complexity index is 1220. The summed E-state index contributed by atoms with van der Waals surface area (Å²) in [6.07, 6.45) is 5.35. The normalized spacial score (nSPS) is 11.4. The highest BCUT2D eigenvalue weighted by atomic mass is 79.9. The average Bonchev–Trinajstić information content (AvgIpc) is 3.44. The smallest absolute Gasteiger partial charge is 0.274 e. The summed E-state index contributed by atoms with van der Waals surface area (Å²) < 4.78 is 7.08. The molecular formula is C19H20Br2N8O. The van der Waals surface area contributed by atoms with Crippen LogP contribution >= 0.6 is 31.9 Å². The van der Waals surface area contributed by atoms with Crippen molar-refractivity contribution in [2.24, 2.45) is 0 Å². The van der Waals surface area contributed by atoms with Crippen molar-refractivity contribution < 1.29 is 4.79 Å². The molecule has 1 amide bonds. The first-order valence-corrected chi connectivity index (χ1v) is 11.0. The summed E-state index contributed by atoms with van der Waals surface area (Å²) in [4.78, 5) is 19.0. The molecule has 0 saturated carbocycles. The summed E-state index contributed by atoms with van der Waals surface area (Å²) in [6.45, 7) is 5.93. The Kier molecular flexibility index (Phi) is 5.74. The number of hydrogen-bond acceptors (Lipinski definition) is 5. The molecule has 11 heteroatoms. The van der Waals surface area contributed by atoms with Gasteiger partial charge in [-0.25, -0.2) is 9.50 Å². The van der Waals surface area contributed by atoms with Crippen molar-refractivity contribution in [3.8, 4) is 11.4 Å². The summed E-state index contributed by atoms with van der Waals surface area (Å²) in [7, 11) is 1.75. The molecular weight excluding hydrogens is 516 g/mol. The maximum absolute atomic E-state index is 13.1. The number of amides is 1. The van der Waals surface area contributed by atoms with Crippen LogP contribution in [-0.2, 0) is 19.6 Å². The minimum atomic E-state index is -0.194. The van der Waals surface area contributed by atoms with Crippen molar-refractivity contribution in [3.63, 3.8) is 0 Å². The number of rotatable bonds is 6. The monoisotopic (exact) mass is 534 g/mol. The zero-order valence-electron chi connectivity index (χ0n) is 16.7. The fraction of sp³-hybridized carbons (Fsp3) is 0.316. The maximum Gasteiger partial charge on any atom is 0.274 e. The van der Waals surface area contributed by atoms with Gasteiger partial charge < -0.3 is 4.90 Å². The second kappa shape index (κ2) is 8.31. The van der Waals surface area contributed by atoms with Crippen molar-refractivity contribution in [1.29, 1.82) is 0 Å². The minimum absolute atomic E-state index is 0.194. The lowest BCUT2D eigenvalue weighted by Gasteiger charge is -2.17. The predicted octanol–water partition coefficient (Wildman–Crippen LogP) is 3.63. The molecule has 0 unspecified atom stereocenters. The fourth-order valence-electron chi connectivity index (χ4n) is 3.22. The van der Waals surface area contributed by atoms with Gasteiger partial charge in [-0.2, -0.15) is 15.3 Å². The molecule has 0 aliphatic carbocycles. The van der Waals surface area contributed by atoms with Crippen LogP contribution in [0.4, 0.5) is 0 Å². The Morgan fingerprint density at radius 3 is 2.67 bits per heavy atom. The van der Waals surface area contributed by atoms with Crippen molar-refractivity contribution in [2.75, 3.05) is 7.05 Å². The van der Waals surface area contributed by atoms with Crippen LogP contribution in [0, 0.1) is 0 Å². The van der Waals surface area contributed by atoms with Gasteiger partial charge in [-0.15, -0.1) is 0 Å². The Labute approximate surface area is 189 Å². The van der Waals surface area contributed by atoms with E-state index in [2.05, 4.69) is 52.1 Å². The fourth-order valence-corrected chi connectivity index (χ4v) is 4.16. The third kappa shape index (κ3) is 3.67. The predicted molar refractivity (Wildman–Crippen MR) is 119 cm³/mol. The summed E-state index contributed by atoms with van der Waals surface area (Å²) in [5.41, 5.74) is 3.34. The number of halogens is 2. The first-order valence-electron chi connectivity index (χ1n) is 9.46. The summed E-state index contributed by atoms with van der Waals surface area (Å²) >= 11 is 7.07. The Hall–Kier alpha value is -2.53. The van der Waals surface area contributed by atoms with Crippen LogP contribution in [0.3, 0.4) is 0 Å². The summed E-state index contributed by atoms with van der Waals surface area (Å²) in [5.74, 6) is -0.194. The second-order valence-electron chi connectivity index (χ2n) is 6.73. The van der Waals surface area contributed by atoms with Crippen molar-refractivity contribution in [1.82, 2.24) is 39.1 Å². The van der Waals surface area contributed by atoms with E-state index in [4.69, 9.17) is 0 Å². The lowest BCUT2D eigenvalue weighted by atomic mass is 10.3. The zero-order valence-corrected chi connectivity index (χ0v) is 19.9. The van der Waals surface area contributed by atoms with Crippen LogP contribution in [0.2, 0.25) is 0 Å². The topological polar surface area (TPSA) is 86.1 Å². The van der Waals surface area contributed by atoms with E-state index < -0.39 is 0 Å². The van der Waals surface area contributed by atoms with E-state index in [0.29, 0.717) is 17.9 Å². The van der Waals surface area contributed by atoms with Gasteiger partial charge in [0.15, 0.2) is 11.3 Å². The largest absolute Gasteiger partial charge is 0.334 e. The molecule has 4 heterocycles. The molecule has 0 saturated heterocycles. The van der Waals surface area contributed by atoms with E-state index in [0.717, 1.165) is 39.1 Å².